The number of amides is 1. The second kappa shape index (κ2) is 6.46. The van der Waals surface area contributed by atoms with E-state index in [1.165, 1.54) is 17.0 Å². The zero-order valence-corrected chi connectivity index (χ0v) is 15.4. The van der Waals surface area contributed by atoms with E-state index in [0.29, 0.717) is 4.47 Å². The fraction of sp³-hybridized carbons (Fsp3) is 0.357. The first-order chi connectivity index (χ1) is 11.3. The number of benzene rings is 1. The standard InChI is InChI=1S/C14H11BrFN3O3S2/c15-8-1-2-10(9(16)5-8)19-11-6-24(21,22)7-12(11)23-14(19)18-13(20)3-4-17/h1-2,5,11-12H,3,6-7H2/t11-,12-/m0/s1. The summed E-state index contributed by atoms with van der Waals surface area (Å²) in [5.41, 5.74) is 0.166. The second-order valence-corrected chi connectivity index (χ2v) is 9.67. The highest BCUT2D eigenvalue weighted by atomic mass is 79.9. The summed E-state index contributed by atoms with van der Waals surface area (Å²) in [7, 11) is -3.22. The number of thioether (sulfide) groups is 1. The number of halogens is 2. The van der Waals surface area contributed by atoms with Gasteiger partial charge in [-0.2, -0.15) is 10.3 Å². The number of sulfone groups is 1. The van der Waals surface area contributed by atoms with Gasteiger partial charge in [0.25, 0.3) is 5.91 Å². The Kier molecular flexibility index (Phi) is 4.68. The van der Waals surface area contributed by atoms with Crippen LogP contribution < -0.4 is 4.90 Å². The number of carbonyl (C=O) groups excluding carboxylic acids is 1. The van der Waals surface area contributed by atoms with Crippen molar-refractivity contribution in [1.29, 1.82) is 5.26 Å². The summed E-state index contributed by atoms with van der Waals surface area (Å²) in [5, 5.41) is 8.52. The number of fused-ring (bicyclic) bond motifs is 1. The molecule has 2 heterocycles. The molecule has 1 aromatic carbocycles. The predicted molar refractivity (Wildman–Crippen MR) is 93.1 cm³/mol. The first kappa shape index (κ1) is 17.4. The molecule has 0 bridgehead atoms. The fourth-order valence-corrected chi connectivity index (χ4v) is 6.99. The van der Waals surface area contributed by atoms with Gasteiger partial charge >= 0.3 is 0 Å². The molecule has 0 unspecified atom stereocenters. The van der Waals surface area contributed by atoms with Crippen molar-refractivity contribution in [1.82, 2.24) is 0 Å². The maximum atomic E-state index is 14.4. The van der Waals surface area contributed by atoms with Crippen molar-refractivity contribution in [2.24, 2.45) is 4.99 Å². The largest absolute Gasteiger partial charge is 0.313 e. The lowest BCUT2D eigenvalue weighted by atomic mass is 10.2. The molecule has 2 atom stereocenters. The van der Waals surface area contributed by atoms with Crippen molar-refractivity contribution in [2.75, 3.05) is 16.4 Å². The quantitative estimate of drug-likeness (QED) is 0.711. The fourth-order valence-electron chi connectivity index (χ4n) is 2.74. The molecule has 0 aromatic heterocycles. The van der Waals surface area contributed by atoms with E-state index in [2.05, 4.69) is 20.9 Å². The van der Waals surface area contributed by atoms with Crippen molar-refractivity contribution in [3.8, 4) is 6.07 Å². The number of nitriles is 1. The van der Waals surface area contributed by atoms with Gasteiger partial charge in [0.1, 0.15) is 12.2 Å². The molecule has 24 heavy (non-hydrogen) atoms. The zero-order valence-electron chi connectivity index (χ0n) is 12.1. The van der Waals surface area contributed by atoms with Crippen LogP contribution in [0.15, 0.2) is 27.7 Å². The Hall–Kier alpha value is -1.44. The minimum absolute atomic E-state index is 0.0392. The summed E-state index contributed by atoms with van der Waals surface area (Å²) in [6, 6.07) is 5.65. The van der Waals surface area contributed by atoms with Gasteiger partial charge in [0.2, 0.25) is 0 Å². The lowest BCUT2D eigenvalue weighted by molar-refractivity contribution is -0.116. The van der Waals surface area contributed by atoms with Crippen LogP contribution in [-0.4, -0.2) is 42.3 Å². The second-order valence-electron chi connectivity index (χ2n) is 5.39. The van der Waals surface area contributed by atoms with Crippen molar-refractivity contribution in [2.45, 2.75) is 17.7 Å². The highest BCUT2D eigenvalue weighted by molar-refractivity contribution is 9.10. The van der Waals surface area contributed by atoms with E-state index >= 15 is 0 Å². The molecular formula is C14H11BrFN3O3S2. The number of aliphatic imine (C=N–C) groups is 1. The highest BCUT2D eigenvalue weighted by Gasteiger charge is 2.49. The number of carbonyl (C=O) groups is 1. The molecule has 0 spiro atoms. The van der Waals surface area contributed by atoms with Crippen LogP contribution in [0.25, 0.3) is 0 Å². The van der Waals surface area contributed by atoms with Gasteiger partial charge in [0.15, 0.2) is 15.0 Å². The predicted octanol–water partition coefficient (Wildman–Crippen LogP) is 2.10. The van der Waals surface area contributed by atoms with Crippen molar-refractivity contribution in [3.05, 3.63) is 28.5 Å². The molecule has 6 nitrogen and oxygen atoms in total. The summed E-state index contributed by atoms with van der Waals surface area (Å²) in [6.45, 7) is 0. The van der Waals surface area contributed by atoms with E-state index in [4.69, 9.17) is 5.26 Å². The molecule has 1 amide bonds. The first-order valence-corrected chi connectivity index (χ1v) is 10.4. The van der Waals surface area contributed by atoms with Crippen LogP contribution in [0.2, 0.25) is 0 Å². The topological polar surface area (TPSA) is 90.6 Å². The summed E-state index contributed by atoms with van der Waals surface area (Å²) in [6.07, 6.45) is -0.381. The molecule has 2 saturated heterocycles. The molecule has 126 valence electrons. The average molecular weight is 432 g/mol. The smallest absolute Gasteiger partial charge is 0.262 e. The number of hydrogen-bond donors (Lipinski definition) is 0. The van der Waals surface area contributed by atoms with E-state index in [1.54, 1.807) is 12.1 Å². The SMILES string of the molecule is N#CCC(=O)N=C1S[C@H]2CS(=O)(=O)C[C@@H]2N1c1ccc(Br)cc1F. The van der Waals surface area contributed by atoms with Gasteiger partial charge in [-0.1, -0.05) is 27.7 Å². The lowest BCUT2D eigenvalue weighted by Gasteiger charge is -2.25. The van der Waals surface area contributed by atoms with E-state index in [1.807, 2.05) is 0 Å². The molecule has 2 aliphatic rings. The summed E-state index contributed by atoms with van der Waals surface area (Å²) in [5.74, 6) is -1.34. The Morgan fingerprint density at radius 1 is 1.50 bits per heavy atom. The Balaban J connectivity index is 2.05. The monoisotopic (exact) mass is 431 g/mol. The number of anilines is 1. The number of rotatable bonds is 2. The van der Waals surface area contributed by atoms with Crippen LogP contribution in [0.3, 0.4) is 0 Å². The highest BCUT2D eigenvalue weighted by Crippen LogP contribution is 2.42. The van der Waals surface area contributed by atoms with E-state index in [0.717, 1.165) is 11.8 Å². The van der Waals surface area contributed by atoms with Crippen LogP contribution >= 0.6 is 27.7 Å². The van der Waals surface area contributed by atoms with Crippen LogP contribution in [0.1, 0.15) is 6.42 Å². The first-order valence-electron chi connectivity index (χ1n) is 6.90. The molecular weight excluding hydrogens is 421 g/mol. The maximum Gasteiger partial charge on any atom is 0.262 e. The molecule has 3 rings (SSSR count). The van der Waals surface area contributed by atoms with E-state index in [-0.39, 0.29) is 34.0 Å². The number of nitrogens with zero attached hydrogens (tertiary/aromatic N) is 3. The summed E-state index contributed by atoms with van der Waals surface area (Å²) >= 11 is 4.32. The normalized spacial score (nSPS) is 26.4. The molecule has 10 heteroatoms. The Morgan fingerprint density at radius 3 is 2.92 bits per heavy atom. The van der Waals surface area contributed by atoms with Crippen molar-refractivity contribution < 1.29 is 17.6 Å². The van der Waals surface area contributed by atoms with Gasteiger partial charge in [-0.05, 0) is 18.2 Å². The van der Waals surface area contributed by atoms with Crippen molar-refractivity contribution >= 4 is 54.3 Å². The van der Waals surface area contributed by atoms with Crippen LogP contribution in [0.5, 0.6) is 0 Å². The summed E-state index contributed by atoms with van der Waals surface area (Å²) < 4.78 is 38.7. The minimum atomic E-state index is -3.22. The van der Waals surface area contributed by atoms with Crippen LogP contribution in [0.4, 0.5) is 10.1 Å². The summed E-state index contributed by atoms with van der Waals surface area (Å²) in [4.78, 5) is 17.0. The average Bonchev–Trinajstić information content (AvgIpc) is 2.91. The Morgan fingerprint density at radius 2 is 2.25 bits per heavy atom. The molecule has 2 fully saturated rings. The Bertz CT molecular complexity index is 882. The third-order valence-corrected chi connectivity index (χ3v) is 7.39. The van der Waals surface area contributed by atoms with E-state index in [9.17, 15) is 17.6 Å². The van der Waals surface area contributed by atoms with Gasteiger partial charge in [0.05, 0.1) is 29.3 Å². The number of hydrogen-bond acceptors (Lipinski definition) is 5. The molecule has 0 N–H and O–H groups in total. The van der Waals surface area contributed by atoms with Crippen LogP contribution in [0, 0.1) is 17.1 Å². The minimum Gasteiger partial charge on any atom is -0.313 e. The molecule has 2 aliphatic heterocycles. The Labute approximate surface area is 150 Å². The van der Waals surface area contributed by atoms with E-state index < -0.39 is 27.6 Å². The molecule has 1 aromatic rings. The molecule has 0 radical (unpaired) electrons. The zero-order chi connectivity index (χ0) is 17.5. The van der Waals surface area contributed by atoms with Gasteiger partial charge in [-0.25, -0.2) is 12.8 Å². The van der Waals surface area contributed by atoms with Gasteiger partial charge in [0, 0.05) is 9.72 Å². The lowest BCUT2D eigenvalue weighted by Crippen LogP contribution is -2.38. The van der Waals surface area contributed by atoms with Crippen molar-refractivity contribution in [3.63, 3.8) is 0 Å². The third kappa shape index (κ3) is 3.34. The van der Waals surface area contributed by atoms with Gasteiger partial charge in [-0.15, -0.1) is 0 Å². The molecule has 0 saturated carbocycles. The van der Waals surface area contributed by atoms with Gasteiger partial charge in [-0.3, -0.25) is 4.79 Å². The van der Waals surface area contributed by atoms with Gasteiger partial charge < -0.3 is 4.90 Å². The van der Waals surface area contributed by atoms with Crippen LogP contribution in [-0.2, 0) is 14.6 Å². The number of amidine groups is 1. The molecule has 0 aliphatic carbocycles. The third-order valence-electron chi connectivity index (χ3n) is 3.69. The maximum absolute atomic E-state index is 14.4.